The molecule has 4 heterocycles. The number of carbonyl (C=O) groups is 2. The Balaban J connectivity index is 1.19. The molecule has 3 amide bonds. The van der Waals surface area contributed by atoms with E-state index >= 15 is 0 Å². The van der Waals surface area contributed by atoms with Gasteiger partial charge in [0, 0.05) is 17.7 Å². The molecule has 6 rings (SSSR count). The number of para-hydroxylation sites is 1. The Hall–Kier alpha value is -3.57. The number of amides is 3. The zero-order valence-corrected chi connectivity index (χ0v) is 21.7. The number of anilines is 1. The van der Waals surface area contributed by atoms with Crippen molar-refractivity contribution in [3.8, 4) is 11.6 Å². The van der Waals surface area contributed by atoms with Crippen molar-refractivity contribution in [2.24, 2.45) is 0 Å². The molecular formula is C26H26N6O3S2. The minimum Gasteiger partial charge on any atom is -0.439 e. The average molecular weight is 535 g/mol. The second-order valence-electron chi connectivity index (χ2n) is 9.07. The smallest absolute Gasteiger partial charge is 0.337 e. The standard InChI is InChI=1S/C26H26N6O3S2/c1-15-18(11-12-20(28-15)35-17-9-3-2-4-10-17)31-37-32-19-13-14-27-25-21(19)22(30-26(32)34)23(36-25)24(33)29-16-7-5-6-8-16/h2-4,9-14,16,25,27,31H,5-8H2,1H3,(H,29,33)(H,30,34). The van der Waals surface area contributed by atoms with Crippen molar-refractivity contribution >= 4 is 41.5 Å². The normalized spacial score (nSPS) is 20.5. The fraction of sp³-hybridized carbons (Fsp3) is 0.269. The van der Waals surface area contributed by atoms with Gasteiger partial charge in [0.15, 0.2) is 0 Å². The van der Waals surface area contributed by atoms with Crippen molar-refractivity contribution in [2.45, 2.75) is 44.0 Å². The number of carbonyl (C=O) groups excluding carboxylic acids is 2. The van der Waals surface area contributed by atoms with Crippen LogP contribution < -0.4 is 25.4 Å². The number of pyridine rings is 1. The molecule has 4 N–H and O–H groups in total. The van der Waals surface area contributed by atoms with Gasteiger partial charge in [-0.2, -0.15) is 0 Å². The van der Waals surface area contributed by atoms with E-state index in [-0.39, 0.29) is 23.4 Å². The highest BCUT2D eigenvalue weighted by Crippen LogP contribution is 2.46. The van der Waals surface area contributed by atoms with E-state index in [0.717, 1.165) is 60.5 Å². The van der Waals surface area contributed by atoms with E-state index in [1.807, 2.05) is 55.6 Å². The molecule has 1 aromatic carbocycles. The highest BCUT2D eigenvalue weighted by Gasteiger charge is 2.43. The Kier molecular flexibility index (Phi) is 6.47. The summed E-state index contributed by atoms with van der Waals surface area (Å²) in [6.07, 6.45) is 7.97. The van der Waals surface area contributed by atoms with Crippen LogP contribution in [0.25, 0.3) is 0 Å². The van der Waals surface area contributed by atoms with Gasteiger partial charge in [0.2, 0.25) is 5.88 Å². The molecule has 1 fully saturated rings. The number of hydrogen-bond donors (Lipinski definition) is 4. The van der Waals surface area contributed by atoms with Gasteiger partial charge in [0.05, 0.1) is 39.8 Å². The summed E-state index contributed by atoms with van der Waals surface area (Å²) in [5.41, 5.74) is 3.74. The molecule has 0 bridgehead atoms. The van der Waals surface area contributed by atoms with Gasteiger partial charge >= 0.3 is 6.03 Å². The van der Waals surface area contributed by atoms with Crippen molar-refractivity contribution < 1.29 is 14.3 Å². The van der Waals surface area contributed by atoms with Crippen LogP contribution in [0, 0.1) is 6.92 Å². The Morgan fingerprint density at radius 2 is 2.00 bits per heavy atom. The number of benzene rings is 1. The number of rotatable bonds is 7. The first-order valence-electron chi connectivity index (χ1n) is 12.2. The topological polar surface area (TPSA) is 108 Å². The maximum atomic E-state index is 13.2. The highest BCUT2D eigenvalue weighted by molar-refractivity contribution is 8.05. The molecule has 3 aliphatic heterocycles. The highest BCUT2D eigenvalue weighted by atomic mass is 32.2. The first-order valence-corrected chi connectivity index (χ1v) is 13.9. The molecule has 9 nitrogen and oxygen atoms in total. The maximum Gasteiger partial charge on any atom is 0.337 e. The number of nitrogens with zero attached hydrogens (tertiary/aromatic N) is 2. The second kappa shape index (κ2) is 10.1. The van der Waals surface area contributed by atoms with Crippen LogP contribution in [-0.4, -0.2) is 32.6 Å². The van der Waals surface area contributed by atoms with Crippen LogP contribution in [0.2, 0.25) is 0 Å². The number of dihydropyridines is 1. The molecule has 0 spiro atoms. The minimum atomic E-state index is -0.320. The van der Waals surface area contributed by atoms with Crippen LogP contribution in [0.5, 0.6) is 11.6 Å². The zero-order chi connectivity index (χ0) is 25.4. The molecule has 4 aliphatic rings. The summed E-state index contributed by atoms with van der Waals surface area (Å²) in [6, 6.07) is 13.0. The minimum absolute atomic E-state index is 0.117. The van der Waals surface area contributed by atoms with Gasteiger partial charge in [-0.1, -0.05) is 42.8 Å². The molecule has 1 aliphatic carbocycles. The molecule has 11 heteroatoms. The third-order valence-electron chi connectivity index (χ3n) is 6.56. The van der Waals surface area contributed by atoms with Crippen LogP contribution in [0.1, 0.15) is 31.4 Å². The van der Waals surface area contributed by atoms with Crippen molar-refractivity contribution in [2.75, 3.05) is 4.72 Å². The average Bonchev–Trinajstić information content (AvgIpc) is 3.54. The van der Waals surface area contributed by atoms with Crippen LogP contribution >= 0.6 is 23.9 Å². The third kappa shape index (κ3) is 4.76. The molecule has 1 aromatic heterocycles. The van der Waals surface area contributed by atoms with Gasteiger partial charge in [-0.05, 0) is 50.2 Å². The Morgan fingerprint density at radius 1 is 1.19 bits per heavy atom. The quantitative estimate of drug-likeness (QED) is 0.372. The summed E-state index contributed by atoms with van der Waals surface area (Å²) in [7, 11) is 0. The molecule has 190 valence electrons. The van der Waals surface area contributed by atoms with Crippen molar-refractivity contribution in [3.05, 3.63) is 82.3 Å². The lowest BCUT2D eigenvalue weighted by Gasteiger charge is -2.33. The molecule has 0 saturated heterocycles. The van der Waals surface area contributed by atoms with Gasteiger partial charge in [0.25, 0.3) is 5.91 Å². The number of urea groups is 1. The van der Waals surface area contributed by atoms with Crippen LogP contribution in [-0.2, 0) is 4.79 Å². The summed E-state index contributed by atoms with van der Waals surface area (Å²) in [6.45, 7) is 1.88. The number of hydrogen-bond acceptors (Lipinski definition) is 8. The summed E-state index contributed by atoms with van der Waals surface area (Å²) >= 11 is 2.60. The fourth-order valence-electron chi connectivity index (χ4n) is 4.73. The SMILES string of the molecule is Cc1nc(Oc2ccccc2)ccc1NSN1C(=O)NC2=C(C(=O)NC3CCCC3)SC3NC=CC1=C23. The summed E-state index contributed by atoms with van der Waals surface area (Å²) in [5.74, 6) is 1.09. The van der Waals surface area contributed by atoms with E-state index in [4.69, 9.17) is 4.74 Å². The summed E-state index contributed by atoms with van der Waals surface area (Å²) in [4.78, 5) is 31.3. The van der Waals surface area contributed by atoms with Crippen molar-refractivity contribution in [1.29, 1.82) is 0 Å². The monoisotopic (exact) mass is 534 g/mol. The van der Waals surface area contributed by atoms with Gasteiger partial charge in [-0.3, -0.25) is 4.79 Å². The molecule has 0 radical (unpaired) electrons. The van der Waals surface area contributed by atoms with Crippen molar-refractivity contribution in [3.63, 3.8) is 0 Å². The number of ether oxygens (including phenoxy) is 1. The van der Waals surface area contributed by atoms with Gasteiger partial charge in [-0.15, -0.1) is 0 Å². The lowest BCUT2D eigenvalue weighted by molar-refractivity contribution is -0.117. The first kappa shape index (κ1) is 23.8. The molecule has 1 atom stereocenters. The Labute approximate surface area is 223 Å². The van der Waals surface area contributed by atoms with Crippen LogP contribution in [0.15, 0.2) is 76.6 Å². The maximum absolute atomic E-state index is 13.2. The summed E-state index contributed by atoms with van der Waals surface area (Å²) in [5, 5.41) is 9.27. The summed E-state index contributed by atoms with van der Waals surface area (Å²) < 4.78 is 10.6. The van der Waals surface area contributed by atoms with E-state index in [2.05, 4.69) is 25.7 Å². The number of nitrogens with one attached hydrogen (secondary N) is 4. The van der Waals surface area contributed by atoms with Crippen molar-refractivity contribution in [1.82, 2.24) is 25.2 Å². The van der Waals surface area contributed by atoms with E-state index in [0.29, 0.717) is 22.2 Å². The molecule has 2 aromatic rings. The molecule has 37 heavy (non-hydrogen) atoms. The van der Waals surface area contributed by atoms with Crippen LogP contribution in [0.3, 0.4) is 0 Å². The number of allylic oxidation sites excluding steroid dienone is 1. The van der Waals surface area contributed by atoms with E-state index < -0.39 is 0 Å². The largest absolute Gasteiger partial charge is 0.439 e. The predicted octanol–water partition coefficient (Wildman–Crippen LogP) is 4.90. The lowest BCUT2D eigenvalue weighted by atomic mass is 10.0. The predicted molar refractivity (Wildman–Crippen MR) is 145 cm³/mol. The van der Waals surface area contributed by atoms with E-state index in [1.165, 1.54) is 11.8 Å². The van der Waals surface area contributed by atoms with Crippen LogP contribution in [0.4, 0.5) is 10.5 Å². The fourth-order valence-corrected chi connectivity index (χ4v) is 6.70. The Morgan fingerprint density at radius 3 is 2.78 bits per heavy atom. The molecule has 1 unspecified atom stereocenters. The second-order valence-corrected chi connectivity index (χ2v) is 10.9. The third-order valence-corrected chi connectivity index (χ3v) is 8.65. The molecule has 1 saturated carbocycles. The Bertz CT molecular complexity index is 1340. The lowest BCUT2D eigenvalue weighted by Crippen LogP contribution is -2.44. The number of thioether (sulfide) groups is 1. The zero-order valence-electron chi connectivity index (χ0n) is 20.1. The van der Waals surface area contributed by atoms with Gasteiger partial charge in [-0.25, -0.2) is 14.1 Å². The molecular weight excluding hydrogens is 508 g/mol. The van der Waals surface area contributed by atoms with Gasteiger partial charge < -0.3 is 25.4 Å². The first-order chi connectivity index (χ1) is 18.1. The number of aromatic nitrogens is 1. The number of aryl methyl sites for hydroxylation is 1. The van der Waals surface area contributed by atoms with E-state index in [1.54, 1.807) is 10.4 Å². The van der Waals surface area contributed by atoms with E-state index in [9.17, 15) is 9.59 Å². The van der Waals surface area contributed by atoms with Gasteiger partial charge in [0.1, 0.15) is 11.1 Å².